The maximum atomic E-state index is 12.6. The van der Waals surface area contributed by atoms with Crippen molar-refractivity contribution in [3.05, 3.63) is 65.2 Å². The Bertz CT molecular complexity index is 586. The van der Waals surface area contributed by atoms with E-state index in [1.54, 1.807) is 12.2 Å². The van der Waals surface area contributed by atoms with Crippen LogP contribution in [0.15, 0.2) is 48.5 Å². The molecule has 0 amide bonds. The first-order valence-electron chi connectivity index (χ1n) is 5.67. The Morgan fingerprint density at radius 1 is 0.895 bits per heavy atom. The van der Waals surface area contributed by atoms with E-state index < -0.39 is 11.7 Å². The zero-order chi connectivity index (χ0) is 13.9. The molecular weight excluding hydrogens is 251 g/mol. The second kappa shape index (κ2) is 5.18. The molecule has 0 heterocycles. The minimum Gasteiger partial charge on any atom is -0.398 e. The number of rotatable bonds is 2. The van der Waals surface area contributed by atoms with E-state index in [9.17, 15) is 13.2 Å². The normalized spacial score (nSPS) is 11.9. The van der Waals surface area contributed by atoms with Crippen molar-refractivity contribution in [1.82, 2.24) is 0 Å². The molecule has 4 heteroatoms. The molecule has 2 aromatic rings. The molecule has 0 aliphatic carbocycles. The summed E-state index contributed by atoms with van der Waals surface area (Å²) >= 11 is 0. The van der Waals surface area contributed by atoms with Crippen molar-refractivity contribution in [3.63, 3.8) is 0 Å². The van der Waals surface area contributed by atoms with Crippen LogP contribution in [0.1, 0.15) is 16.7 Å². The van der Waals surface area contributed by atoms with Gasteiger partial charge in [-0.05, 0) is 29.3 Å². The van der Waals surface area contributed by atoms with Gasteiger partial charge in [-0.2, -0.15) is 13.2 Å². The monoisotopic (exact) mass is 263 g/mol. The molecule has 0 radical (unpaired) electrons. The van der Waals surface area contributed by atoms with Gasteiger partial charge in [0.15, 0.2) is 0 Å². The lowest BCUT2D eigenvalue weighted by molar-refractivity contribution is -0.137. The van der Waals surface area contributed by atoms with Crippen LogP contribution >= 0.6 is 0 Å². The fourth-order valence-corrected chi connectivity index (χ4v) is 1.65. The van der Waals surface area contributed by atoms with E-state index in [4.69, 9.17) is 5.73 Å². The zero-order valence-corrected chi connectivity index (χ0v) is 9.98. The van der Waals surface area contributed by atoms with E-state index in [-0.39, 0.29) is 0 Å². The summed E-state index contributed by atoms with van der Waals surface area (Å²) in [4.78, 5) is 0. The molecule has 0 bridgehead atoms. The predicted molar refractivity (Wildman–Crippen MR) is 71.2 cm³/mol. The highest BCUT2D eigenvalue weighted by atomic mass is 19.4. The number of hydrogen-bond acceptors (Lipinski definition) is 1. The molecule has 0 atom stereocenters. The molecule has 0 saturated carbocycles. The fourth-order valence-electron chi connectivity index (χ4n) is 1.65. The summed E-state index contributed by atoms with van der Waals surface area (Å²) in [7, 11) is 0. The van der Waals surface area contributed by atoms with Crippen LogP contribution in [0.2, 0.25) is 0 Å². The van der Waals surface area contributed by atoms with E-state index in [0.29, 0.717) is 11.3 Å². The molecule has 0 aromatic heterocycles. The van der Waals surface area contributed by atoms with Crippen LogP contribution in [0.5, 0.6) is 0 Å². The van der Waals surface area contributed by atoms with Crippen molar-refractivity contribution in [2.24, 2.45) is 0 Å². The average molecular weight is 263 g/mol. The topological polar surface area (TPSA) is 26.0 Å². The van der Waals surface area contributed by atoms with E-state index in [1.165, 1.54) is 6.07 Å². The number of benzene rings is 2. The van der Waals surface area contributed by atoms with Gasteiger partial charge < -0.3 is 5.73 Å². The Morgan fingerprint density at radius 2 is 1.58 bits per heavy atom. The Morgan fingerprint density at radius 3 is 2.21 bits per heavy atom. The van der Waals surface area contributed by atoms with Crippen LogP contribution in [0.25, 0.3) is 12.2 Å². The van der Waals surface area contributed by atoms with Crippen molar-refractivity contribution in [2.45, 2.75) is 6.18 Å². The number of nitrogens with two attached hydrogens (primary N) is 1. The Balaban J connectivity index is 2.32. The van der Waals surface area contributed by atoms with Gasteiger partial charge in [0.05, 0.1) is 5.56 Å². The summed E-state index contributed by atoms with van der Waals surface area (Å²) in [6.45, 7) is 0. The van der Waals surface area contributed by atoms with Crippen LogP contribution in [0.4, 0.5) is 18.9 Å². The third-order valence-electron chi connectivity index (χ3n) is 2.67. The van der Waals surface area contributed by atoms with E-state index in [0.717, 1.165) is 17.7 Å². The molecule has 0 unspecified atom stereocenters. The summed E-state index contributed by atoms with van der Waals surface area (Å²) < 4.78 is 37.8. The molecule has 1 nitrogen and oxygen atoms in total. The molecule has 0 spiro atoms. The van der Waals surface area contributed by atoms with E-state index in [1.807, 2.05) is 30.3 Å². The Kier molecular flexibility index (Phi) is 3.60. The van der Waals surface area contributed by atoms with Gasteiger partial charge in [-0.1, -0.05) is 42.5 Å². The maximum Gasteiger partial charge on any atom is 0.416 e. The van der Waals surface area contributed by atoms with E-state index >= 15 is 0 Å². The van der Waals surface area contributed by atoms with Crippen molar-refractivity contribution < 1.29 is 13.2 Å². The second-order valence-electron chi connectivity index (χ2n) is 4.09. The average Bonchev–Trinajstić information content (AvgIpc) is 2.37. The number of hydrogen-bond donors (Lipinski definition) is 1. The number of anilines is 1. The van der Waals surface area contributed by atoms with Gasteiger partial charge in [0.2, 0.25) is 0 Å². The molecule has 98 valence electrons. The molecule has 2 N–H and O–H groups in total. The third-order valence-corrected chi connectivity index (χ3v) is 2.67. The van der Waals surface area contributed by atoms with Gasteiger partial charge in [-0.15, -0.1) is 0 Å². The lowest BCUT2D eigenvalue weighted by atomic mass is 10.1. The van der Waals surface area contributed by atoms with Crippen LogP contribution in [0, 0.1) is 0 Å². The van der Waals surface area contributed by atoms with Crippen molar-refractivity contribution in [1.29, 1.82) is 0 Å². The molecular formula is C15H12F3N. The van der Waals surface area contributed by atoms with Gasteiger partial charge in [-0.25, -0.2) is 0 Å². The Hall–Kier alpha value is -2.23. The van der Waals surface area contributed by atoms with E-state index in [2.05, 4.69) is 0 Å². The van der Waals surface area contributed by atoms with Crippen LogP contribution < -0.4 is 5.73 Å². The van der Waals surface area contributed by atoms with Crippen LogP contribution in [-0.2, 0) is 6.18 Å². The third kappa shape index (κ3) is 3.37. The first kappa shape index (κ1) is 13.2. The van der Waals surface area contributed by atoms with Crippen LogP contribution in [0.3, 0.4) is 0 Å². The molecule has 0 aliphatic rings. The van der Waals surface area contributed by atoms with Crippen LogP contribution in [-0.4, -0.2) is 0 Å². The predicted octanol–water partition coefficient (Wildman–Crippen LogP) is 4.46. The molecule has 0 aliphatic heterocycles. The minimum atomic E-state index is -4.36. The quantitative estimate of drug-likeness (QED) is 0.628. The largest absolute Gasteiger partial charge is 0.416 e. The standard InChI is InChI=1S/C15H12F3N/c16-15(17,18)13-8-9-14(19)12(10-13)7-6-11-4-2-1-3-5-11/h1-10H,19H2/b7-6+. The highest BCUT2D eigenvalue weighted by molar-refractivity contribution is 5.76. The van der Waals surface area contributed by atoms with Crippen molar-refractivity contribution in [2.75, 3.05) is 5.73 Å². The fraction of sp³-hybridized carbons (Fsp3) is 0.0667. The first-order valence-corrected chi connectivity index (χ1v) is 5.67. The number of nitrogen functional groups attached to an aromatic ring is 1. The Labute approximate surface area is 109 Å². The molecule has 0 saturated heterocycles. The summed E-state index contributed by atoms with van der Waals surface area (Å²) in [6, 6.07) is 12.6. The number of halogens is 3. The molecule has 2 aromatic carbocycles. The van der Waals surface area contributed by atoms with Crippen molar-refractivity contribution in [3.8, 4) is 0 Å². The lowest BCUT2D eigenvalue weighted by Gasteiger charge is -2.08. The summed E-state index contributed by atoms with van der Waals surface area (Å²) in [6.07, 6.45) is -1.05. The highest BCUT2D eigenvalue weighted by Crippen LogP contribution is 2.31. The smallest absolute Gasteiger partial charge is 0.398 e. The summed E-state index contributed by atoms with van der Waals surface area (Å²) in [5.41, 5.74) is 6.56. The zero-order valence-electron chi connectivity index (χ0n) is 9.98. The summed E-state index contributed by atoms with van der Waals surface area (Å²) in [5.74, 6) is 0. The van der Waals surface area contributed by atoms with Crippen molar-refractivity contribution >= 4 is 17.8 Å². The van der Waals surface area contributed by atoms with Gasteiger partial charge in [0.1, 0.15) is 0 Å². The SMILES string of the molecule is Nc1ccc(C(F)(F)F)cc1/C=C/c1ccccc1. The maximum absolute atomic E-state index is 12.6. The molecule has 0 fully saturated rings. The summed E-state index contributed by atoms with van der Waals surface area (Å²) in [5, 5.41) is 0. The van der Waals surface area contributed by atoms with Gasteiger partial charge >= 0.3 is 6.18 Å². The first-order chi connectivity index (χ1) is 8.97. The van der Waals surface area contributed by atoms with Gasteiger partial charge in [0, 0.05) is 5.69 Å². The lowest BCUT2D eigenvalue weighted by Crippen LogP contribution is -2.05. The number of alkyl halides is 3. The minimum absolute atomic E-state index is 0.320. The van der Waals surface area contributed by atoms with Gasteiger partial charge in [-0.3, -0.25) is 0 Å². The van der Waals surface area contributed by atoms with Gasteiger partial charge in [0.25, 0.3) is 0 Å². The highest BCUT2D eigenvalue weighted by Gasteiger charge is 2.30. The second-order valence-corrected chi connectivity index (χ2v) is 4.09. The molecule has 2 rings (SSSR count). The molecule has 19 heavy (non-hydrogen) atoms.